The summed E-state index contributed by atoms with van der Waals surface area (Å²) in [5.74, 6) is 0. The minimum Gasteiger partial charge on any atom is -0.309 e. The first-order valence-corrected chi connectivity index (χ1v) is 18.6. The van der Waals surface area contributed by atoms with E-state index in [2.05, 4.69) is 196 Å². The van der Waals surface area contributed by atoms with Crippen molar-refractivity contribution in [2.75, 3.05) is 0 Å². The van der Waals surface area contributed by atoms with Crippen molar-refractivity contribution >= 4 is 54.6 Å². The molecule has 0 spiro atoms. The van der Waals surface area contributed by atoms with E-state index in [1.165, 1.54) is 77.1 Å². The monoisotopic (exact) mass is 697 g/mol. The van der Waals surface area contributed by atoms with Gasteiger partial charge in [0, 0.05) is 38.6 Å². The summed E-state index contributed by atoms with van der Waals surface area (Å²) in [7, 11) is 0. The van der Waals surface area contributed by atoms with Gasteiger partial charge in [-0.3, -0.25) is 0 Å². The van der Waals surface area contributed by atoms with Crippen LogP contribution in [0.3, 0.4) is 0 Å². The molecular weight excluding hydrogens is 655 g/mol. The molecule has 0 amide bonds. The van der Waals surface area contributed by atoms with Crippen LogP contribution in [-0.4, -0.2) is 13.7 Å². The van der Waals surface area contributed by atoms with Crippen molar-refractivity contribution in [2.24, 2.45) is 0 Å². The topological polar surface area (TPSA) is 14.8 Å². The van der Waals surface area contributed by atoms with Gasteiger partial charge in [-0.05, 0) is 98.6 Å². The van der Waals surface area contributed by atoms with E-state index >= 15 is 0 Å². The van der Waals surface area contributed by atoms with E-state index in [0.717, 1.165) is 5.69 Å². The second-order valence-corrected chi connectivity index (χ2v) is 13.3. The van der Waals surface area contributed by atoms with Gasteiger partial charge in [0.15, 0.2) is 0 Å². The minimum absolute atomic E-state index is 1.15. The highest BCUT2D eigenvalue weighted by atomic mass is 15.1. The Morgan fingerprint density at radius 3 is 1.22 bits per heavy atom. The quantitative estimate of drug-likeness (QED) is 0.163. The van der Waals surface area contributed by atoms with Gasteiger partial charge in [0.05, 0.1) is 33.1 Å². The summed E-state index contributed by atoms with van der Waals surface area (Å²) in [5, 5.41) is 5.01. The molecule has 0 aliphatic rings. The van der Waals surface area contributed by atoms with Crippen molar-refractivity contribution in [1.29, 1.82) is 0 Å². The summed E-state index contributed by atoms with van der Waals surface area (Å²) in [6.07, 6.45) is 5.75. The second-order valence-electron chi connectivity index (χ2n) is 13.3. The molecule has 0 aliphatic carbocycles. The molecule has 0 unspecified atom stereocenters. The first kappa shape index (κ1) is 34.3. The molecule has 3 heteroatoms. The Labute approximate surface area is 317 Å². The van der Waals surface area contributed by atoms with E-state index in [1.54, 1.807) is 6.08 Å². The third-order valence-corrected chi connectivity index (χ3v) is 9.97. The number of para-hydroxylation sites is 5. The number of allylic oxidation sites excluding steroid dienone is 3. The maximum atomic E-state index is 3.36. The lowest BCUT2D eigenvalue weighted by Crippen LogP contribution is -1.94. The van der Waals surface area contributed by atoms with E-state index in [-0.39, 0.29) is 0 Å². The number of hydrogen-bond acceptors (Lipinski definition) is 0. The Hall–Kier alpha value is -6.84. The van der Waals surface area contributed by atoms with E-state index in [1.807, 2.05) is 32.9 Å². The molecule has 0 bridgehead atoms. The van der Waals surface area contributed by atoms with Gasteiger partial charge in [0.25, 0.3) is 0 Å². The van der Waals surface area contributed by atoms with Gasteiger partial charge < -0.3 is 13.7 Å². The first-order valence-electron chi connectivity index (χ1n) is 18.6. The molecule has 10 rings (SSSR count). The number of fused-ring (bicyclic) bond motifs is 8. The molecule has 3 heterocycles. The second kappa shape index (κ2) is 15.0. The highest BCUT2D eigenvalue weighted by molar-refractivity contribution is 6.20. The van der Waals surface area contributed by atoms with Crippen LogP contribution in [0.2, 0.25) is 0 Å². The van der Waals surface area contributed by atoms with Gasteiger partial charge in [-0.25, -0.2) is 0 Å². The van der Waals surface area contributed by atoms with Gasteiger partial charge in [0.2, 0.25) is 0 Å². The molecule has 0 radical (unpaired) electrons. The predicted octanol–water partition coefficient (Wildman–Crippen LogP) is 14.3. The number of rotatable bonds is 4. The van der Waals surface area contributed by atoms with Crippen molar-refractivity contribution < 1.29 is 0 Å². The summed E-state index contributed by atoms with van der Waals surface area (Å²) in [5.41, 5.74) is 13.2. The van der Waals surface area contributed by atoms with Gasteiger partial charge in [0.1, 0.15) is 0 Å². The Balaban J connectivity index is 0.000000549. The summed E-state index contributed by atoms with van der Waals surface area (Å²) in [6.45, 7) is 9.25. The zero-order valence-electron chi connectivity index (χ0n) is 31.0. The van der Waals surface area contributed by atoms with E-state index in [9.17, 15) is 0 Å². The Bertz CT molecular complexity index is 2890. The smallest absolute Gasteiger partial charge is 0.0803 e. The lowest BCUT2D eigenvalue weighted by Gasteiger charge is -2.10. The molecule has 0 N–H and O–H groups in total. The van der Waals surface area contributed by atoms with Gasteiger partial charge in [-0.2, -0.15) is 0 Å². The molecule has 262 valence electrons. The fraction of sp³-hybridized carbons (Fsp3) is 0.0588. The Kier molecular flexibility index (Phi) is 9.53. The predicted molar refractivity (Wildman–Crippen MR) is 234 cm³/mol. The Morgan fingerprint density at radius 2 is 0.722 bits per heavy atom. The van der Waals surface area contributed by atoms with E-state index < -0.39 is 0 Å². The molecule has 0 aliphatic heterocycles. The molecule has 54 heavy (non-hydrogen) atoms. The number of hydrogen-bond donors (Lipinski definition) is 0. The molecular formula is C51H43N3. The van der Waals surface area contributed by atoms with E-state index in [4.69, 9.17) is 0 Å². The van der Waals surface area contributed by atoms with Crippen molar-refractivity contribution in [2.45, 2.75) is 20.8 Å². The zero-order valence-corrected chi connectivity index (χ0v) is 31.0. The van der Waals surface area contributed by atoms with Crippen molar-refractivity contribution in [3.63, 3.8) is 0 Å². The fourth-order valence-corrected chi connectivity index (χ4v) is 7.61. The maximum Gasteiger partial charge on any atom is 0.0803 e. The molecule has 3 aromatic heterocycles. The number of benzene rings is 7. The largest absolute Gasteiger partial charge is 0.309 e. The van der Waals surface area contributed by atoms with Crippen LogP contribution in [0.1, 0.15) is 20.8 Å². The lowest BCUT2D eigenvalue weighted by atomic mass is 10.0. The van der Waals surface area contributed by atoms with Crippen LogP contribution in [0.15, 0.2) is 201 Å². The third-order valence-electron chi connectivity index (χ3n) is 9.97. The van der Waals surface area contributed by atoms with Crippen LogP contribution in [-0.2, 0) is 0 Å². The van der Waals surface area contributed by atoms with Crippen LogP contribution in [0.25, 0.3) is 82.8 Å². The number of aromatic nitrogens is 3. The fourth-order valence-electron chi connectivity index (χ4n) is 7.61. The summed E-state index contributed by atoms with van der Waals surface area (Å²) in [6, 6.07) is 63.5. The van der Waals surface area contributed by atoms with Crippen LogP contribution < -0.4 is 0 Å². The minimum atomic E-state index is 1.15. The van der Waals surface area contributed by atoms with Crippen molar-refractivity contribution in [3.05, 3.63) is 201 Å². The van der Waals surface area contributed by atoms with Gasteiger partial charge in [-0.15, -0.1) is 6.58 Å². The normalized spacial score (nSPS) is 11.2. The van der Waals surface area contributed by atoms with Crippen molar-refractivity contribution in [3.8, 4) is 28.2 Å². The molecule has 10 aromatic rings. The lowest BCUT2D eigenvalue weighted by molar-refractivity contribution is 1.17. The average Bonchev–Trinajstić information content (AvgIpc) is 3.87. The average molecular weight is 698 g/mol. The summed E-state index contributed by atoms with van der Waals surface area (Å²) < 4.78 is 7.22. The summed E-state index contributed by atoms with van der Waals surface area (Å²) >= 11 is 0. The SMILES string of the molecule is C/C=C\C.C=CC.c1ccc(-n2c3ccccc3c3cc(-c4ccc(-n5c6ccccc6c6c5c5ccccc5n6-c5ccccc5)cc4)ccc32)cc1. The summed E-state index contributed by atoms with van der Waals surface area (Å²) in [4.78, 5) is 0. The molecule has 0 saturated carbocycles. The number of nitrogens with zero attached hydrogens (tertiary/aromatic N) is 3. The highest BCUT2D eigenvalue weighted by Crippen LogP contribution is 2.41. The van der Waals surface area contributed by atoms with Crippen molar-refractivity contribution in [1.82, 2.24) is 13.7 Å². The van der Waals surface area contributed by atoms with Crippen LogP contribution in [0.5, 0.6) is 0 Å². The highest BCUT2D eigenvalue weighted by Gasteiger charge is 2.21. The maximum absolute atomic E-state index is 3.36. The molecule has 0 atom stereocenters. The van der Waals surface area contributed by atoms with E-state index in [0.29, 0.717) is 0 Å². The standard InChI is InChI=1S/C44H29N3.C4H8.C3H6/c1-3-13-32(14-4-1)45-39-20-10-7-17-35(39)38-29-31(25-28-42(38)45)30-23-26-34(27-24-30)47-41-22-12-9-19-37(41)43-44(47)36-18-8-11-21-40(36)46(43)33-15-5-2-6-16-33;1-3-4-2;1-3-2/h1-29H;3-4H,1-2H3;3H,1H2,2H3/b;4-3-;. The molecule has 7 aromatic carbocycles. The van der Waals surface area contributed by atoms with Crippen LogP contribution >= 0.6 is 0 Å². The molecule has 0 saturated heterocycles. The van der Waals surface area contributed by atoms with Gasteiger partial charge in [-0.1, -0.05) is 127 Å². The third kappa shape index (κ3) is 5.90. The Morgan fingerprint density at radius 1 is 0.352 bits per heavy atom. The molecule has 0 fully saturated rings. The van der Waals surface area contributed by atoms with Gasteiger partial charge >= 0.3 is 0 Å². The first-order chi connectivity index (χ1) is 26.7. The zero-order chi connectivity index (χ0) is 37.0. The van der Waals surface area contributed by atoms with Crippen LogP contribution in [0.4, 0.5) is 0 Å². The molecule has 3 nitrogen and oxygen atoms in total. The van der Waals surface area contributed by atoms with Crippen LogP contribution in [0, 0.1) is 0 Å².